The van der Waals surface area contributed by atoms with Crippen molar-refractivity contribution in [2.45, 2.75) is 62.1 Å². The zero-order chi connectivity index (χ0) is 28.2. The van der Waals surface area contributed by atoms with Gasteiger partial charge in [-0.2, -0.15) is 20.5 Å². The van der Waals surface area contributed by atoms with Gasteiger partial charge in [0.15, 0.2) is 11.6 Å². The van der Waals surface area contributed by atoms with E-state index in [1.54, 1.807) is 0 Å². The molecule has 12 heteroatoms. The van der Waals surface area contributed by atoms with E-state index >= 15 is 0 Å². The van der Waals surface area contributed by atoms with Gasteiger partial charge in [-0.05, 0) is 50.6 Å². The topological polar surface area (TPSA) is 128 Å². The van der Waals surface area contributed by atoms with Crippen LogP contribution in [0.1, 0.15) is 60.1 Å². The molecule has 6 heterocycles. The highest BCUT2D eigenvalue weighted by Crippen LogP contribution is 2.51. The van der Waals surface area contributed by atoms with Crippen molar-refractivity contribution in [2.75, 3.05) is 74.6 Å². The summed E-state index contributed by atoms with van der Waals surface area (Å²) < 4.78 is 26.4. The molecule has 4 aliphatic heterocycles. The zero-order valence-electron chi connectivity index (χ0n) is 23.2. The third-order valence-electron chi connectivity index (χ3n) is 9.71. The number of hydrogen-bond donors (Lipinski definition) is 1. The SMILES string of the molecule is N#Cc1c(N2CCCOCC2)nc(OC[C@@]23CCCN2C[C@H](F)C3)nc1N1CC2(CCCc3sc(N)c(C#N)c32)C1. The van der Waals surface area contributed by atoms with Crippen molar-refractivity contribution in [1.29, 1.82) is 10.5 Å². The Labute approximate surface area is 243 Å². The van der Waals surface area contributed by atoms with Crippen molar-refractivity contribution >= 4 is 28.0 Å². The number of thiophene rings is 1. The number of halogens is 1. The molecule has 7 rings (SSSR count). The minimum absolute atomic E-state index is 0.175. The van der Waals surface area contributed by atoms with Gasteiger partial charge in [0.2, 0.25) is 0 Å². The molecular weight excluding hydrogens is 543 g/mol. The number of aryl methyl sites for hydroxylation is 1. The first-order valence-corrected chi connectivity index (χ1v) is 15.5. The van der Waals surface area contributed by atoms with E-state index in [1.807, 2.05) is 0 Å². The maximum atomic E-state index is 14.4. The molecule has 0 bridgehead atoms. The van der Waals surface area contributed by atoms with Crippen LogP contribution in [0.3, 0.4) is 0 Å². The summed E-state index contributed by atoms with van der Waals surface area (Å²) >= 11 is 1.54. The Morgan fingerprint density at radius 2 is 1.83 bits per heavy atom. The van der Waals surface area contributed by atoms with Gasteiger partial charge in [-0.3, -0.25) is 4.90 Å². The van der Waals surface area contributed by atoms with Crippen LogP contribution in [-0.2, 0) is 16.6 Å². The second-order valence-electron chi connectivity index (χ2n) is 12.2. The highest BCUT2D eigenvalue weighted by molar-refractivity contribution is 7.16. The summed E-state index contributed by atoms with van der Waals surface area (Å²) in [5, 5.41) is 20.9. The van der Waals surface area contributed by atoms with Crippen LogP contribution >= 0.6 is 11.3 Å². The number of nitrogen functional groups attached to an aromatic ring is 1. The number of aromatic nitrogens is 2. The van der Waals surface area contributed by atoms with Crippen molar-refractivity contribution in [2.24, 2.45) is 0 Å². The highest BCUT2D eigenvalue weighted by atomic mass is 32.1. The number of alkyl halides is 1. The number of ether oxygens (including phenoxy) is 2. The average molecular weight is 579 g/mol. The summed E-state index contributed by atoms with van der Waals surface area (Å²) in [4.78, 5) is 17.3. The smallest absolute Gasteiger partial charge is 0.320 e. The lowest BCUT2D eigenvalue weighted by Gasteiger charge is -2.53. The molecular formula is C29H35FN8O2S. The molecule has 2 N–H and O–H groups in total. The largest absolute Gasteiger partial charge is 0.461 e. The van der Waals surface area contributed by atoms with Crippen molar-refractivity contribution < 1.29 is 13.9 Å². The van der Waals surface area contributed by atoms with Gasteiger partial charge in [-0.1, -0.05) is 0 Å². The van der Waals surface area contributed by atoms with E-state index in [-0.39, 0.29) is 17.0 Å². The molecule has 1 spiro atoms. The summed E-state index contributed by atoms with van der Waals surface area (Å²) in [7, 11) is 0. The lowest BCUT2D eigenvalue weighted by Crippen LogP contribution is -2.61. The normalized spacial score (nSPS) is 27.0. The van der Waals surface area contributed by atoms with E-state index in [0.29, 0.717) is 80.2 Å². The van der Waals surface area contributed by atoms with Gasteiger partial charge in [0, 0.05) is 56.0 Å². The van der Waals surface area contributed by atoms with Crippen molar-refractivity contribution in [3.63, 3.8) is 0 Å². The van der Waals surface area contributed by atoms with Crippen LogP contribution in [0.15, 0.2) is 0 Å². The van der Waals surface area contributed by atoms with E-state index < -0.39 is 6.17 Å². The average Bonchev–Trinajstić information content (AvgIpc) is 3.49. The number of hydrogen-bond acceptors (Lipinski definition) is 11. The lowest BCUT2D eigenvalue weighted by atomic mass is 9.66. The fourth-order valence-corrected chi connectivity index (χ4v) is 9.04. The second kappa shape index (κ2) is 10.3. The third-order valence-corrected chi connectivity index (χ3v) is 10.8. The lowest BCUT2D eigenvalue weighted by molar-refractivity contribution is 0.107. The van der Waals surface area contributed by atoms with Crippen LogP contribution in [0.25, 0.3) is 0 Å². The summed E-state index contributed by atoms with van der Waals surface area (Å²) in [5.74, 6) is 1.13. The molecule has 0 saturated carbocycles. The van der Waals surface area contributed by atoms with Crippen molar-refractivity contribution in [1.82, 2.24) is 14.9 Å². The molecule has 5 aliphatic rings. The molecule has 2 aromatic heterocycles. The molecule has 0 unspecified atom stereocenters. The van der Waals surface area contributed by atoms with Gasteiger partial charge in [0.05, 0.1) is 17.7 Å². The van der Waals surface area contributed by atoms with Crippen LogP contribution in [0.2, 0.25) is 0 Å². The highest BCUT2D eigenvalue weighted by Gasteiger charge is 2.51. The molecule has 0 radical (unpaired) electrons. The summed E-state index contributed by atoms with van der Waals surface area (Å²) in [5.41, 5.74) is 7.90. The second-order valence-corrected chi connectivity index (χ2v) is 13.3. The molecule has 4 saturated heterocycles. The van der Waals surface area contributed by atoms with E-state index in [4.69, 9.17) is 25.2 Å². The summed E-state index contributed by atoms with van der Waals surface area (Å²) in [6.07, 6.45) is 5.35. The Balaban J connectivity index is 1.22. The van der Waals surface area contributed by atoms with E-state index in [1.165, 1.54) is 16.2 Å². The Morgan fingerprint density at radius 3 is 2.63 bits per heavy atom. The van der Waals surface area contributed by atoms with Gasteiger partial charge in [-0.15, -0.1) is 11.3 Å². The zero-order valence-corrected chi connectivity index (χ0v) is 24.0. The first-order chi connectivity index (χ1) is 19.9. The quantitative estimate of drug-likeness (QED) is 0.565. The Hall–Kier alpha value is -3.19. The molecule has 2 aromatic rings. The number of nitrogens with zero attached hydrogens (tertiary/aromatic N) is 7. The Bertz CT molecular complexity index is 1420. The van der Waals surface area contributed by atoms with E-state index in [0.717, 1.165) is 57.2 Å². The van der Waals surface area contributed by atoms with Crippen LogP contribution in [-0.4, -0.2) is 85.7 Å². The van der Waals surface area contributed by atoms with Crippen LogP contribution in [0.4, 0.5) is 21.0 Å². The molecule has 1 aliphatic carbocycles. The fraction of sp³-hybridized carbons (Fsp3) is 0.655. The molecule has 0 amide bonds. The number of anilines is 3. The predicted octanol–water partition coefficient (Wildman–Crippen LogP) is 3.14. The van der Waals surface area contributed by atoms with Gasteiger partial charge in [0.1, 0.15) is 35.5 Å². The first-order valence-electron chi connectivity index (χ1n) is 14.7. The summed E-state index contributed by atoms with van der Waals surface area (Å²) in [6.45, 7) is 5.55. The number of nitrogens with two attached hydrogens (primary N) is 1. The van der Waals surface area contributed by atoms with Gasteiger partial charge < -0.3 is 25.0 Å². The van der Waals surface area contributed by atoms with Gasteiger partial charge >= 0.3 is 6.01 Å². The maximum Gasteiger partial charge on any atom is 0.320 e. The van der Waals surface area contributed by atoms with Gasteiger partial charge in [-0.25, -0.2) is 4.39 Å². The molecule has 10 nitrogen and oxygen atoms in total. The molecule has 2 atom stereocenters. The molecule has 0 aromatic carbocycles. The van der Waals surface area contributed by atoms with Crippen LogP contribution < -0.4 is 20.3 Å². The minimum atomic E-state index is -0.842. The molecule has 216 valence electrons. The van der Waals surface area contributed by atoms with Crippen molar-refractivity contribution in [3.05, 3.63) is 21.6 Å². The standard InChI is InChI=1S/C29H35FN8O2S/c30-19-12-29(6-2-8-38(29)15-19)18-40-27-34-25(36-7-3-10-39-11-9-36)21(14-32)26(35-27)37-16-28(17-37)5-1-4-22-23(28)20(13-31)24(33)41-22/h19H,1-12,15-18,33H2/t19-,29+/m1/s1. The van der Waals surface area contributed by atoms with Crippen LogP contribution in [0.5, 0.6) is 6.01 Å². The Morgan fingerprint density at radius 1 is 1.02 bits per heavy atom. The maximum absolute atomic E-state index is 14.4. The Kier molecular flexibility index (Phi) is 6.68. The first kappa shape index (κ1) is 26.7. The molecule has 41 heavy (non-hydrogen) atoms. The van der Waals surface area contributed by atoms with Gasteiger partial charge in [0.25, 0.3) is 0 Å². The minimum Gasteiger partial charge on any atom is -0.461 e. The predicted molar refractivity (Wildman–Crippen MR) is 153 cm³/mol. The number of nitriles is 2. The number of fused-ring (bicyclic) bond motifs is 3. The van der Waals surface area contributed by atoms with E-state index in [2.05, 4.69) is 26.8 Å². The third kappa shape index (κ3) is 4.39. The van der Waals surface area contributed by atoms with Crippen LogP contribution in [0, 0.1) is 22.7 Å². The monoisotopic (exact) mass is 578 g/mol. The van der Waals surface area contributed by atoms with E-state index in [9.17, 15) is 14.9 Å². The fourth-order valence-electron chi connectivity index (χ4n) is 7.85. The van der Waals surface area contributed by atoms with Crippen molar-refractivity contribution in [3.8, 4) is 18.1 Å². The summed E-state index contributed by atoms with van der Waals surface area (Å²) in [6, 6.07) is 4.98. The molecule has 4 fully saturated rings. The number of rotatable bonds is 5.